The van der Waals surface area contributed by atoms with Gasteiger partial charge in [0.05, 0.1) is 6.61 Å². The summed E-state index contributed by atoms with van der Waals surface area (Å²) in [5, 5.41) is 0. The van der Waals surface area contributed by atoms with Gasteiger partial charge in [0.25, 0.3) is 0 Å². The SMILES string of the molecule is CCOCC(N)OCC. The zero-order valence-corrected chi connectivity index (χ0v) is 6.09. The molecule has 0 fully saturated rings. The van der Waals surface area contributed by atoms with Crippen molar-refractivity contribution in [2.45, 2.75) is 20.1 Å². The van der Waals surface area contributed by atoms with Crippen molar-refractivity contribution in [3.05, 3.63) is 0 Å². The van der Waals surface area contributed by atoms with Gasteiger partial charge in [-0.05, 0) is 13.8 Å². The van der Waals surface area contributed by atoms with Crippen LogP contribution in [0, 0.1) is 0 Å². The van der Waals surface area contributed by atoms with E-state index in [1.807, 2.05) is 13.8 Å². The summed E-state index contributed by atoms with van der Waals surface area (Å²) in [5.41, 5.74) is 5.42. The molecular formula is C6H15NO2. The van der Waals surface area contributed by atoms with Crippen molar-refractivity contribution in [2.75, 3.05) is 19.8 Å². The second-order valence-corrected chi connectivity index (χ2v) is 1.65. The van der Waals surface area contributed by atoms with Gasteiger partial charge in [-0.1, -0.05) is 0 Å². The molecule has 0 amide bonds. The first kappa shape index (κ1) is 8.88. The smallest absolute Gasteiger partial charge is 0.129 e. The third kappa shape index (κ3) is 5.76. The summed E-state index contributed by atoms with van der Waals surface area (Å²) in [6, 6.07) is 0. The molecule has 0 aromatic heterocycles. The minimum absolute atomic E-state index is 0.255. The highest BCUT2D eigenvalue weighted by Gasteiger charge is 1.97. The van der Waals surface area contributed by atoms with E-state index in [0.717, 1.165) is 0 Å². The molecule has 0 aromatic carbocycles. The molecule has 0 bridgehead atoms. The van der Waals surface area contributed by atoms with Gasteiger partial charge in [-0.25, -0.2) is 0 Å². The van der Waals surface area contributed by atoms with Gasteiger partial charge in [0.2, 0.25) is 0 Å². The Labute approximate surface area is 56.1 Å². The maximum atomic E-state index is 5.42. The molecule has 0 aliphatic heterocycles. The van der Waals surface area contributed by atoms with Crippen LogP contribution in [0.4, 0.5) is 0 Å². The van der Waals surface area contributed by atoms with Crippen LogP contribution in [0.5, 0.6) is 0 Å². The standard InChI is InChI=1S/C6H15NO2/c1-3-8-5-6(7)9-4-2/h6H,3-5,7H2,1-2H3. The van der Waals surface area contributed by atoms with Crippen LogP contribution >= 0.6 is 0 Å². The maximum Gasteiger partial charge on any atom is 0.129 e. The van der Waals surface area contributed by atoms with E-state index in [4.69, 9.17) is 15.2 Å². The average Bonchev–Trinajstić information content (AvgIpc) is 1.85. The van der Waals surface area contributed by atoms with Crippen LogP contribution in [-0.4, -0.2) is 26.0 Å². The minimum atomic E-state index is -0.255. The quantitative estimate of drug-likeness (QED) is 0.550. The molecule has 3 heteroatoms. The van der Waals surface area contributed by atoms with Gasteiger partial charge < -0.3 is 15.2 Å². The summed E-state index contributed by atoms with van der Waals surface area (Å²) < 4.78 is 9.99. The van der Waals surface area contributed by atoms with E-state index >= 15 is 0 Å². The van der Waals surface area contributed by atoms with E-state index in [0.29, 0.717) is 19.8 Å². The van der Waals surface area contributed by atoms with Crippen LogP contribution in [0.1, 0.15) is 13.8 Å². The Morgan fingerprint density at radius 1 is 1.33 bits per heavy atom. The summed E-state index contributed by atoms with van der Waals surface area (Å²) in [6.07, 6.45) is -0.255. The number of hydrogen-bond acceptors (Lipinski definition) is 3. The second kappa shape index (κ2) is 6.01. The highest BCUT2D eigenvalue weighted by atomic mass is 16.5. The lowest BCUT2D eigenvalue weighted by Crippen LogP contribution is -2.29. The lowest BCUT2D eigenvalue weighted by atomic mass is 10.6. The number of hydrogen-bond donors (Lipinski definition) is 1. The van der Waals surface area contributed by atoms with Gasteiger partial charge in [0.15, 0.2) is 0 Å². The van der Waals surface area contributed by atoms with E-state index in [2.05, 4.69) is 0 Å². The Balaban J connectivity index is 2.95. The molecule has 0 rings (SSSR count). The molecule has 0 saturated carbocycles. The van der Waals surface area contributed by atoms with Crippen molar-refractivity contribution in [1.29, 1.82) is 0 Å². The topological polar surface area (TPSA) is 44.5 Å². The van der Waals surface area contributed by atoms with Crippen molar-refractivity contribution >= 4 is 0 Å². The number of rotatable bonds is 5. The van der Waals surface area contributed by atoms with Gasteiger partial charge in [0, 0.05) is 13.2 Å². The maximum absolute atomic E-state index is 5.42. The summed E-state index contributed by atoms with van der Waals surface area (Å²) in [4.78, 5) is 0. The molecular weight excluding hydrogens is 118 g/mol. The van der Waals surface area contributed by atoms with Crippen molar-refractivity contribution in [2.24, 2.45) is 5.73 Å². The second-order valence-electron chi connectivity index (χ2n) is 1.65. The van der Waals surface area contributed by atoms with Crippen molar-refractivity contribution in [3.8, 4) is 0 Å². The van der Waals surface area contributed by atoms with Gasteiger partial charge in [-0.2, -0.15) is 0 Å². The average molecular weight is 133 g/mol. The van der Waals surface area contributed by atoms with Crippen LogP contribution in [0.15, 0.2) is 0 Å². The fourth-order valence-corrected chi connectivity index (χ4v) is 0.496. The Bertz CT molecular complexity index is 59.0. The normalized spacial score (nSPS) is 13.7. The summed E-state index contributed by atoms with van der Waals surface area (Å²) >= 11 is 0. The summed E-state index contributed by atoms with van der Waals surface area (Å²) in [7, 11) is 0. The summed E-state index contributed by atoms with van der Waals surface area (Å²) in [6.45, 7) is 5.67. The highest BCUT2D eigenvalue weighted by molar-refractivity contribution is 4.41. The van der Waals surface area contributed by atoms with Crippen LogP contribution < -0.4 is 5.73 Å². The zero-order chi connectivity index (χ0) is 7.11. The van der Waals surface area contributed by atoms with Crippen LogP contribution in [0.25, 0.3) is 0 Å². The Kier molecular flexibility index (Phi) is 5.93. The van der Waals surface area contributed by atoms with E-state index in [-0.39, 0.29) is 6.23 Å². The lowest BCUT2D eigenvalue weighted by molar-refractivity contribution is -0.00452. The molecule has 1 unspecified atom stereocenters. The molecule has 3 nitrogen and oxygen atoms in total. The third-order valence-corrected chi connectivity index (χ3v) is 0.867. The van der Waals surface area contributed by atoms with E-state index in [1.165, 1.54) is 0 Å². The van der Waals surface area contributed by atoms with E-state index in [1.54, 1.807) is 0 Å². The molecule has 0 heterocycles. The largest absolute Gasteiger partial charge is 0.378 e. The van der Waals surface area contributed by atoms with Gasteiger partial charge in [-0.3, -0.25) is 0 Å². The van der Waals surface area contributed by atoms with Gasteiger partial charge in [-0.15, -0.1) is 0 Å². The zero-order valence-electron chi connectivity index (χ0n) is 6.09. The van der Waals surface area contributed by atoms with E-state index < -0.39 is 0 Å². The Hall–Kier alpha value is -0.120. The molecule has 2 N–H and O–H groups in total. The van der Waals surface area contributed by atoms with Crippen LogP contribution in [0.2, 0.25) is 0 Å². The molecule has 1 atom stereocenters. The fourth-order valence-electron chi connectivity index (χ4n) is 0.496. The molecule has 0 aromatic rings. The first-order valence-electron chi connectivity index (χ1n) is 3.26. The van der Waals surface area contributed by atoms with Gasteiger partial charge in [0.1, 0.15) is 6.23 Å². The molecule has 0 aliphatic carbocycles. The molecule has 9 heavy (non-hydrogen) atoms. The molecule has 0 saturated heterocycles. The van der Waals surface area contributed by atoms with E-state index in [9.17, 15) is 0 Å². The minimum Gasteiger partial charge on any atom is -0.378 e. The first-order valence-corrected chi connectivity index (χ1v) is 3.26. The van der Waals surface area contributed by atoms with Crippen LogP contribution in [-0.2, 0) is 9.47 Å². The van der Waals surface area contributed by atoms with Crippen molar-refractivity contribution in [1.82, 2.24) is 0 Å². The predicted molar refractivity (Wildman–Crippen MR) is 36.1 cm³/mol. The molecule has 56 valence electrons. The summed E-state index contributed by atoms with van der Waals surface area (Å²) in [5.74, 6) is 0. The number of nitrogens with two attached hydrogens (primary N) is 1. The van der Waals surface area contributed by atoms with Crippen molar-refractivity contribution in [3.63, 3.8) is 0 Å². The van der Waals surface area contributed by atoms with Gasteiger partial charge >= 0.3 is 0 Å². The fraction of sp³-hybridized carbons (Fsp3) is 1.00. The molecule has 0 radical (unpaired) electrons. The third-order valence-electron chi connectivity index (χ3n) is 0.867. The molecule has 0 aliphatic rings. The van der Waals surface area contributed by atoms with Crippen molar-refractivity contribution < 1.29 is 9.47 Å². The molecule has 0 spiro atoms. The number of ether oxygens (including phenoxy) is 2. The highest BCUT2D eigenvalue weighted by Crippen LogP contribution is 1.83. The first-order chi connectivity index (χ1) is 4.31. The monoisotopic (exact) mass is 133 g/mol. The predicted octanol–water partition coefficient (Wildman–Crippen LogP) is 0.344. The Morgan fingerprint density at radius 2 is 2.00 bits per heavy atom. The van der Waals surface area contributed by atoms with Crippen LogP contribution in [0.3, 0.4) is 0 Å². The Morgan fingerprint density at radius 3 is 2.44 bits per heavy atom. The lowest BCUT2D eigenvalue weighted by Gasteiger charge is -2.09.